The number of para-hydroxylation sites is 1. The summed E-state index contributed by atoms with van der Waals surface area (Å²) in [4.78, 5) is 13.5. The highest BCUT2D eigenvalue weighted by Crippen LogP contribution is 2.16. The molecule has 1 amide bonds. The summed E-state index contributed by atoms with van der Waals surface area (Å²) in [5.41, 5.74) is 2.88. The SMILES string of the molecule is Cc1ccccc1CCNC(=O)CN(C)c1ccccc1F. The van der Waals surface area contributed by atoms with Gasteiger partial charge in [0.25, 0.3) is 0 Å². The summed E-state index contributed by atoms with van der Waals surface area (Å²) in [5.74, 6) is -0.433. The molecule has 4 heteroatoms. The fourth-order valence-corrected chi connectivity index (χ4v) is 2.34. The van der Waals surface area contributed by atoms with Crippen LogP contribution in [0.15, 0.2) is 48.5 Å². The molecule has 0 aliphatic carbocycles. The molecule has 0 aliphatic heterocycles. The monoisotopic (exact) mass is 300 g/mol. The molecule has 0 bridgehead atoms. The summed E-state index contributed by atoms with van der Waals surface area (Å²) in [7, 11) is 1.71. The van der Waals surface area contributed by atoms with Crippen molar-refractivity contribution >= 4 is 11.6 Å². The Labute approximate surface area is 130 Å². The lowest BCUT2D eigenvalue weighted by molar-refractivity contribution is -0.119. The maximum atomic E-state index is 13.6. The van der Waals surface area contributed by atoms with Crippen molar-refractivity contribution in [2.75, 3.05) is 25.0 Å². The lowest BCUT2D eigenvalue weighted by Crippen LogP contribution is -2.36. The summed E-state index contributed by atoms with van der Waals surface area (Å²) in [6, 6.07) is 14.6. The van der Waals surface area contributed by atoms with E-state index in [0.717, 1.165) is 6.42 Å². The van der Waals surface area contributed by atoms with Crippen LogP contribution in [0.3, 0.4) is 0 Å². The third-order valence-electron chi connectivity index (χ3n) is 3.62. The van der Waals surface area contributed by atoms with Crippen molar-refractivity contribution in [2.45, 2.75) is 13.3 Å². The first-order chi connectivity index (χ1) is 10.6. The van der Waals surface area contributed by atoms with Crippen LogP contribution in [0, 0.1) is 12.7 Å². The molecule has 0 unspecified atom stereocenters. The Kier molecular flexibility index (Phi) is 5.53. The summed E-state index contributed by atoms with van der Waals surface area (Å²) in [6.07, 6.45) is 0.793. The number of rotatable bonds is 6. The third-order valence-corrected chi connectivity index (χ3v) is 3.62. The van der Waals surface area contributed by atoms with Crippen LogP contribution in [0.1, 0.15) is 11.1 Å². The van der Waals surface area contributed by atoms with Crippen LogP contribution in [0.5, 0.6) is 0 Å². The minimum atomic E-state index is -0.322. The average molecular weight is 300 g/mol. The van der Waals surface area contributed by atoms with Gasteiger partial charge in [0.1, 0.15) is 5.82 Å². The molecule has 1 N–H and O–H groups in total. The minimum Gasteiger partial charge on any atom is -0.363 e. The summed E-state index contributed by atoms with van der Waals surface area (Å²) >= 11 is 0. The molecule has 0 saturated heterocycles. The van der Waals surface area contributed by atoms with Gasteiger partial charge in [-0.25, -0.2) is 4.39 Å². The van der Waals surface area contributed by atoms with E-state index in [1.54, 1.807) is 30.1 Å². The van der Waals surface area contributed by atoms with Gasteiger partial charge in [0.15, 0.2) is 0 Å². The molecule has 2 aromatic rings. The fourth-order valence-electron chi connectivity index (χ4n) is 2.34. The standard InChI is InChI=1S/C18H21FN2O/c1-14-7-3-4-8-15(14)11-12-20-18(22)13-21(2)17-10-6-5-9-16(17)19/h3-10H,11-13H2,1-2H3,(H,20,22). The maximum absolute atomic E-state index is 13.6. The van der Waals surface area contributed by atoms with Crippen molar-refractivity contribution < 1.29 is 9.18 Å². The third kappa shape index (κ3) is 4.32. The van der Waals surface area contributed by atoms with Crippen molar-refractivity contribution in [3.8, 4) is 0 Å². The summed E-state index contributed by atoms with van der Waals surface area (Å²) < 4.78 is 13.6. The Hall–Kier alpha value is -2.36. The molecule has 0 saturated carbocycles. The van der Waals surface area contributed by atoms with Crippen molar-refractivity contribution in [2.24, 2.45) is 0 Å². The van der Waals surface area contributed by atoms with Crippen LogP contribution in [0.2, 0.25) is 0 Å². The number of hydrogen-bond donors (Lipinski definition) is 1. The molecular weight excluding hydrogens is 279 g/mol. The van der Waals surface area contributed by atoms with Crippen molar-refractivity contribution in [1.82, 2.24) is 5.32 Å². The Balaban J connectivity index is 1.81. The Morgan fingerprint density at radius 1 is 1.14 bits per heavy atom. The second-order valence-corrected chi connectivity index (χ2v) is 5.33. The molecular formula is C18H21FN2O. The zero-order valence-corrected chi connectivity index (χ0v) is 13.0. The number of anilines is 1. The van der Waals surface area contributed by atoms with Crippen LogP contribution < -0.4 is 10.2 Å². The zero-order valence-electron chi connectivity index (χ0n) is 13.0. The fraction of sp³-hybridized carbons (Fsp3) is 0.278. The first kappa shape index (κ1) is 16.0. The zero-order chi connectivity index (χ0) is 15.9. The van der Waals surface area contributed by atoms with Gasteiger partial charge < -0.3 is 10.2 Å². The van der Waals surface area contributed by atoms with E-state index in [-0.39, 0.29) is 18.3 Å². The first-order valence-electron chi connectivity index (χ1n) is 7.35. The lowest BCUT2D eigenvalue weighted by Gasteiger charge is -2.19. The number of carbonyl (C=O) groups is 1. The van der Waals surface area contributed by atoms with Gasteiger partial charge in [0.05, 0.1) is 12.2 Å². The molecule has 0 aliphatic rings. The van der Waals surface area contributed by atoms with Crippen molar-refractivity contribution in [3.63, 3.8) is 0 Å². The highest BCUT2D eigenvalue weighted by atomic mass is 19.1. The Morgan fingerprint density at radius 2 is 1.82 bits per heavy atom. The highest BCUT2D eigenvalue weighted by molar-refractivity contribution is 5.81. The van der Waals surface area contributed by atoms with E-state index in [4.69, 9.17) is 0 Å². The second kappa shape index (κ2) is 7.59. The number of likely N-dealkylation sites (N-methyl/N-ethyl adjacent to an activating group) is 1. The van der Waals surface area contributed by atoms with Gasteiger partial charge in [0, 0.05) is 13.6 Å². The number of aryl methyl sites for hydroxylation is 1. The number of nitrogens with zero attached hydrogens (tertiary/aromatic N) is 1. The van der Waals surface area contributed by atoms with Crippen molar-refractivity contribution in [3.05, 3.63) is 65.5 Å². The predicted molar refractivity (Wildman–Crippen MR) is 87.6 cm³/mol. The van der Waals surface area contributed by atoms with E-state index >= 15 is 0 Å². The summed E-state index contributed by atoms with van der Waals surface area (Å²) in [5, 5.41) is 2.88. The number of nitrogens with one attached hydrogen (secondary N) is 1. The highest BCUT2D eigenvalue weighted by Gasteiger charge is 2.10. The molecule has 0 spiro atoms. The molecule has 0 aromatic heterocycles. The molecule has 0 fully saturated rings. The van der Waals surface area contributed by atoms with Crippen molar-refractivity contribution in [1.29, 1.82) is 0 Å². The number of hydrogen-bond acceptors (Lipinski definition) is 2. The molecule has 3 nitrogen and oxygen atoms in total. The molecule has 2 rings (SSSR count). The Morgan fingerprint density at radius 3 is 2.55 bits per heavy atom. The molecule has 22 heavy (non-hydrogen) atoms. The van der Waals surface area contributed by atoms with E-state index < -0.39 is 0 Å². The first-order valence-corrected chi connectivity index (χ1v) is 7.35. The number of carbonyl (C=O) groups excluding carboxylic acids is 1. The smallest absolute Gasteiger partial charge is 0.239 e. The van der Waals surface area contributed by atoms with Gasteiger partial charge in [-0.3, -0.25) is 4.79 Å². The normalized spacial score (nSPS) is 10.3. The van der Waals surface area contributed by atoms with Gasteiger partial charge in [-0.05, 0) is 36.6 Å². The van der Waals surface area contributed by atoms with E-state index in [9.17, 15) is 9.18 Å². The second-order valence-electron chi connectivity index (χ2n) is 5.33. The molecule has 0 radical (unpaired) electrons. The van der Waals surface area contributed by atoms with Gasteiger partial charge >= 0.3 is 0 Å². The largest absolute Gasteiger partial charge is 0.363 e. The van der Waals surface area contributed by atoms with Crippen LogP contribution in [0.4, 0.5) is 10.1 Å². The predicted octanol–water partition coefficient (Wildman–Crippen LogP) is 2.93. The van der Waals surface area contributed by atoms with E-state index in [0.29, 0.717) is 12.2 Å². The maximum Gasteiger partial charge on any atom is 0.239 e. The summed E-state index contributed by atoms with van der Waals surface area (Å²) in [6.45, 7) is 2.77. The molecule has 2 aromatic carbocycles. The van der Waals surface area contributed by atoms with Gasteiger partial charge in [-0.1, -0.05) is 36.4 Å². The molecule has 0 heterocycles. The van der Waals surface area contributed by atoms with E-state index in [2.05, 4.69) is 24.4 Å². The molecule has 116 valence electrons. The average Bonchev–Trinajstić information content (AvgIpc) is 2.49. The van der Waals surface area contributed by atoms with Gasteiger partial charge in [-0.2, -0.15) is 0 Å². The van der Waals surface area contributed by atoms with Crippen LogP contribution in [-0.2, 0) is 11.2 Å². The number of benzene rings is 2. The Bertz CT molecular complexity index is 642. The molecule has 0 atom stereocenters. The van der Waals surface area contributed by atoms with E-state index in [1.807, 2.05) is 12.1 Å². The van der Waals surface area contributed by atoms with Gasteiger partial charge in [-0.15, -0.1) is 0 Å². The lowest BCUT2D eigenvalue weighted by atomic mass is 10.1. The number of amides is 1. The van der Waals surface area contributed by atoms with Crippen LogP contribution in [0.25, 0.3) is 0 Å². The minimum absolute atomic E-state index is 0.112. The van der Waals surface area contributed by atoms with E-state index in [1.165, 1.54) is 17.2 Å². The topological polar surface area (TPSA) is 32.3 Å². The van der Waals surface area contributed by atoms with Crippen LogP contribution in [-0.4, -0.2) is 26.0 Å². The van der Waals surface area contributed by atoms with Crippen LogP contribution >= 0.6 is 0 Å². The van der Waals surface area contributed by atoms with Gasteiger partial charge in [0.2, 0.25) is 5.91 Å². The number of halogens is 1. The quantitative estimate of drug-likeness (QED) is 0.889.